The second-order valence-electron chi connectivity index (χ2n) is 8.42. The van der Waals surface area contributed by atoms with Gasteiger partial charge in [0.1, 0.15) is 18.3 Å². The Morgan fingerprint density at radius 2 is 1.51 bits per heavy atom. The first kappa shape index (κ1) is 27.7. The first-order chi connectivity index (χ1) is 17.8. The number of nitrogens with zero attached hydrogens (tertiary/aromatic N) is 2. The summed E-state index contributed by atoms with van der Waals surface area (Å²) in [6, 6.07) is 23.2. The lowest BCUT2D eigenvalue weighted by Gasteiger charge is -2.32. The van der Waals surface area contributed by atoms with Crippen LogP contribution in [0.5, 0.6) is 5.75 Å². The molecule has 0 aromatic heterocycles. The molecule has 1 atom stereocenters. The number of nitrogens with one attached hydrogen (secondary N) is 1. The molecule has 0 spiro atoms. The molecule has 0 aliphatic heterocycles. The van der Waals surface area contributed by atoms with E-state index < -0.39 is 28.5 Å². The Balaban J connectivity index is 1.96. The zero-order valence-electron chi connectivity index (χ0n) is 21.3. The van der Waals surface area contributed by atoms with Crippen LogP contribution < -0.4 is 14.4 Å². The first-order valence-corrected chi connectivity index (χ1v) is 13.5. The van der Waals surface area contributed by atoms with Gasteiger partial charge >= 0.3 is 0 Å². The molecule has 0 fully saturated rings. The maximum absolute atomic E-state index is 13.7. The molecule has 3 rings (SSSR count). The number of hydrogen-bond acceptors (Lipinski definition) is 5. The van der Waals surface area contributed by atoms with E-state index in [0.29, 0.717) is 24.4 Å². The van der Waals surface area contributed by atoms with Gasteiger partial charge in [0.05, 0.1) is 17.7 Å². The Hall–Kier alpha value is -3.85. The zero-order valence-corrected chi connectivity index (χ0v) is 22.1. The van der Waals surface area contributed by atoms with E-state index in [1.165, 1.54) is 24.1 Å². The molecule has 3 aromatic carbocycles. The maximum Gasteiger partial charge on any atom is 0.264 e. The van der Waals surface area contributed by atoms with Crippen molar-refractivity contribution in [3.05, 3.63) is 90.5 Å². The molecule has 1 unspecified atom stereocenters. The fourth-order valence-electron chi connectivity index (χ4n) is 3.89. The van der Waals surface area contributed by atoms with E-state index >= 15 is 0 Å². The minimum atomic E-state index is -4.08. The minimum absolute atomic E-state index is 0.0613. The van der Waals surface area contributed by atoms with Crippen molar-refractivity contribution >= 4 is 27.5 Å². The van der Waals surface area contributed by atoms with Crippen LogP contribution in [-0.4, -0.2) is 57.9 Å². The average molecular weight is 524 g/mol. The standard InChI is InChI=1S/C28H33N3O5S/c1-4-29-28(33)22(2)30(20-19-23-11-7-5-8-12-23)27(32)21-31(24-15-17-25(36-3)18-16-24)37(34,35)26-13-9-6-10-14-26/h5-18,22H,4,19-21H2,1-3H3,(H,29,33). The number of rotatable bonds is 12. The van der Waals surface area contributed by atoms with Gasteiger partial charge in [-0.25, -0.2) is 8.42 Å². The van der Waals surface area contributed by atoms with Gasteiger partial charge in [0.2, 0.25) is 11.8 Å². The molecular weight excluding hydrogens is 490 g/mol. The Morgan fingerprint density at radius 3 is 2.08 bits per heavy atom. The van der Waals surface area contributed by atoms with Crippen molar-refractivity contribution in [3.8, 4) is 5.75 Å². The van der Waals surface area contributed by atoms with E-state index in [1.807, 2.05) is 30.3 Å². The quantitative estimate of drug-likeness (QED) is 0.392. The summed E-state index contributed by atoms with van der Waals surface area (Å²) in [7, 11) is -2.56. The Kier molecular flexibility index (Phi) is 9.68. The lowest BCUT2D eigenvalue weighted by atomic mass is 10.1. The van der Waals surface area contributed by atoms with Crippen LogP contribution in [0.2, 0.25) is 0 Å². The highest BCUT2D eigenvalue weighted by Crippen LogP contribution is 2.26. The van der Waals surface area contributed by atoms with Gasteiger partial charge in [0.25, 0.3) is 10.0 Å². The maximum atomic E-state index is 13.7. The zero-order chi connectivity index (χ0) is 26.8. The van der Waals surface area contributed by atoms with E-state index in [-0.39, 0.29) is 17.3 Å². The van der Waals surface area contributed by atoms with Crippen molar-refractivity contribution < 1.29 is 22.7 Å². The van der Waals surface area contributed by atoms with Crippen LogP contribution in [-0.2, 0) is 26.0 Å². The van der Waals surface area contributed by atoms with Crippen LogP contribution in [0.4, 0.5) is 5.69 Å². The van der Waals surface area contributed by atoms with Gasteiger partial charge in [-0.3, -0.25) is 13.9 Å². The molecule has 0 aliphatic carbocycles. The van der Waals surface area contributed by atoms with Gasteiger partial charge in [-0.15, -0.1) is 0 Å². The molecule has 2 amide bonds. The summed E-state index contributed by atoms with van der Waals surface area (Å²) in [4.78, 5) is 27.9. The van der Waals surface area contributed by atoms with Crippen molar-refractivity contribution in [2.24, 2.45) is 0 Å². The molecule has 0 bridgehead atoms. The molecule has 0 radical (unpaired) electrons. The third kappa shape index (κ3) is 7.10. The number of sulfonamides is 1. The van der Waals surface area contributed by atoms with Crippen molar-refractivity contribution in [2.75, 3.05) is 31.0 Å². The van der Waals surface area contributed by atoms with Crippen molar-refractivity contribution in [1.82, 2.24) is 10.2 Å². The summed E-state index contributed by atoms with van der Waals surface area (Å²) in [5.74, 6) is -0.225. The largest absolute Gasteiger partial charge is 0.497 e. The van der Waals surface area contributed by atoms with Crippen LogP contribution in [0.25, 0.3) is 0 Å². The molecule has 0 saturated carbocycles. The van der Waals surface area contributed by atoms with Crippen LogP contribution in [0, 0.1) is 0 Å². The average Bonchev–Trinajstić information content (AvgIpc) is 2.93. The topological polar surface area (TPSA) is 96.0 Å². The van der Waals surface area contributed by atoms with Gasteiger partial charge in [-0.05, 0) is 62.2 Å². The summed E-state index contributed by atoms with van der Waals surface area (Å²) in [5, 5.41) is 2.75. The van der Waals surface area contributed by atoms with Crippen LogP contribution >= 0.6 is 0 Å². The Labute approximate surface area is 218 Å². The second-order valence-corrected chi connectivity index (χ2v) is 10.3. The van der Waals surface area contributed by atoms with Gasteiger partial charge in [-0.1, -0.05) is 48.5 Å². The number of amides is 2. The third-order valence-electron chi connectivity index (χ3n) is 5.97. The predicted octanol–water partition coefficient (Wildman–Crippen LogP) is 3.49. The second kappa shape index (κ2) is 12.9. The number of methoxy groups -OCH3 is 1. The fraction of sp³-hybridized carbons (Fsp3) is 0.286. The number of benzene rings is 3. The summed E-state index contributed by atoms with van der Waals surface area (Å²) < 4.78 is 33.6. The van der Waals surface area contributed by atoms with Crippen molar-refractivity contribution in [3.63, 3.8) is 0 Å². The fourth-order valence-corrected chi connectivity index (χ4v) is 5.32. The molecule has 196 valence electrons. The van der Waals surface area contributed by atoms with Gasteiger partial charge in [0.15, 0.2) is 0 Å². The highest BCUT2D eigenvalue weighted by Gasteiger charge is 2.32. The summed E-state index contributed by atoms with van der Waals surface area (Å²) in [5.41, 5.74) is 1.32. The lowest BCUT2D eigenvalue weighted by Crippen LogP contribution is -2.52. The summed E-state index contributed by atoms with van der Waals surface area (Å²) in [6.45, 7) is 3.66. The van der Waals surface area contributed by atoms with Gasteiger partial charge < -0.3 is 15.0 Å². The number of carbonyl (C=O) groups is 2. The highest BCUT2D eigenvalue weighted by atomic mass is 32.2. The molecule has 8 nitrogen and oxygen atoms in total. The molecule has 37 heavy (non-hydrogen) atoms. The van der Waals surface area contributed by atoms with Gasteiger partial charge in [0, 0.05) is 13.1 Å². The summed E-state index contributed by atoms with van der Waals surface area (Å²) >= 11 is 0. The van der Waals surface area contributed by atoms with Crippen LogP contribution in [0.1, 0.15) is 19.4 Å². The number of hydrogen-bond donors (Lipinski definition) is 1. The lowest BCUT2D eigenvalue weighted by molar-refractivity contribution is -0.138. The number of anilines is 1. The number of carbonyl (C=O) groups excluding carboxylic acids is 2. The molecule has 1 N–H and O–H groups in total. The Morgan fingerprint density at radius 1 is 0.919 bits per heavy atom. The number of ether oxygens (including phenoxy) is 1. The molecular formula is C28H33N3O5S. The van der Waals surface area contributed by atoms with E-state index in [2.05, 4.69) is 5.32 Å². The third-order valence-corrected chi connectivity index (χ3v) is 7.76. The van der Waals surface area contributed by atoms with Crippen molar-refractivity contribution in [1.29, 1.82) is 0 Å². The van der Waals surface area contributed by atoms with E-state index in [1.54, 1.807) is 56.3 Å². The van der Waals surface area contributed by atoms with Crippen molar-refractivity contribution in [2.45, 2.75) is 31.2 Å². The minimum Gasteiger partial charge on any atom is -0.497 e. The molecule has 0 aliphatic rings. The molecule has 3 aromatic rings. The van der Waals surface area contributed by atoms with E-state index in [9.17, 15) is 18.0 Å². The monoisotopic (exact) mass is 523 g/mol. The van der Waals surface area contributed by atoms with Crippen LogP contribution in [0.15, 0.2) is 89.8 Å². The molecule has 0 saturated heterocycles. The SMILES string of the molecule is CCNC(=O)C(C)N(CCc1ccccc1)C(=O)CN(c1ccc(OC)cc1)S(=O)(=O)c1ccccc1. The van der Waals surface area contributed by atoms with E-state index in [0.717, 1.165) is 9.87 Å². The Bertz CT molecular complexity index is 1270. The molecule has 0 heterocycles. The van der Waals surface area contributed by atoms with Crippen LogP contribution in [0.3, 0.4) is 0 Å². The normalized spacial score (nSPS) is 11.9. The highest BCUT2D eigenvalue weighted by molar-refractivity contribution is 7.92. The predicted molar refractivity (Wildman–Crippen MR) is 144 cm³/mol. The first-order valence-electron chi connectivity index (χ1n) is 12.1. The summed E-state index contributed by atoms with van der Waals surface area (Å²) in [6.07, 6.45) is 0.518. The number of likely N-dealkylation sites (N-methyl/N-ethyl adjacent to an activating group) is 1. The molecule has 9 heteroatoms. The smallest absolute Gasteiger partial charge is 0.264 e. The van der Waals surface area contributed by atoms with Gasteiger partial charge in [-0.2, -0.15) is 0 Å². The van der Waals surface area contributed by atoms with E-state index in [4.69, 9.17) is 4.74 Å².